The summed E-state index contributed by atoms with van der Waals surface area (Å²) < 4.78 is 64.6. The molecule has 0 aliphatic heterocycles. The highest BCUT2D eigenvalue weighted by Gasteiger charge is 2.31. The maximum atomic E-state index is 13.0. The lowest BCUT2D eigenvalue weighted by molar-refractivity contribution is -0.137. The quantitative estimate of drug-likeness (QED) is 0.569. The summed E-state index contributed by atoms with van der Waals surface area (Å²) in [5.41, 5.74) is -1.15. The molecule has 0 fully saturated rings. The number of anilines is 1. The number of aromatic nitrogens is 4. The molecule has 0 radical (unpaired) electrons. The van der Waals surface area contributed by atoms with Gasteiger partial charge in [0.15, 0.2) is 16.8 Å². The van der Waals surface area contributed by atoms with E-state index >= 15 is 0 Å². The van der Waals surface area contributed by atoms with Gasteiger partial charge in [0.2, 0.25) is 11.6 Å². The minimum atomic E-state index is -4.60. The third-order valence-electron chi connectivity index (χ3n) is 3.38. The van der Waals surface area contributed by atoms with Crippen LogP contribution in [0.4, 0.5) is 19.0 Å². The first-order valence-electron chi connectivity index (χ1n) is 7.57. The molecule has 10 nitrogen and oxygen atoms in total. The molecular formula is C14H12F3N5O5S. The van der Waals surface area contributed by atoms with Crippen LogP contribution in [0.2, 0.25) is 0 Å². The standard InChI is InChI=1S/C14H12F3N5O5S/c1-28(24)25-6-5-18-11-10(19-27-20-11)12-21-26-13(23)22(12)9-4-2-3-8(7-9)14(15,16)17/h2-4,7H,5-6H2,1H3,(H,18,20). The van der Waals surface area contributed by atoms with Crippen molar-refractivity contribution < 1.29 is 30.7 Å². The van der Waals surface area contributed by atoms with Crippen molar-refractivity contribution in [2.24, 2.45) is 0 Å². The number of rotatable bonds is 7. The van der Waals surface area contributed by atoms with Crippen LogP contribution < -0.4 is 11.1 Å². The SMILES string of the molecule is CS(=O)OCCNc1nonc1-c1noc(=O)n1-c1cccc(C(F)(F)F)c1. The first kappa shape index (κ1) is 19.8. The van der Waals surface area contributed by atoms with Gasteiger partial charge in [-0.25, -0.2) is 18.2 Å². The highest BCUT2D eigenvalue weighted by molar-refractivity contribution is 7.79. The van der Waals surface area contributed by atoms with E-state index in [1.54, 1.807) is 0 Å². The second-order valence-electron chi connectivity index (χ2n) is 5.27. The van der Waals surface area contributed by atoms with Gasteiger partial charge in [-0.1, -0.05) is 11.2 Å². The molecule has 0 saturated heterocycles. The van der Waals surface area contributed by atoms with E-state index in [4.69, 9.17) is 4.18 Å². The van der Waals surface area contributed by atoms with Crippen molar-refractivity contribution in [1.82, 2.24) is 20.0 Å². The van der Waals surface area contributed by atoms with Crippen LogP contribution in [0.3, 0.4) is 0 Å². The predicted molar refractivity (Wildman–Crippen MR) is 88.9 cm³/mol. The maximum Gasteiger partial charge on any atom is 0.446 e. The van der Waals surface area contributed by atoms with Gasteiger partial charge in [-0.05, 0) is 28.5 Å². The Morgan fingerprint density at radius 3 is 2.79 bits per heavy atom. The fourth-order valence-corrected chi connectivity index (χ4v) is 2.55. The summed E-state index contributed by atoms with van der Waals surface area (Å²) in [6, 6.07) is 4.06. The molecule has 0 spiro atoms. The van der Waals surface area contributed by atoms with Crippen molar-refractivity contribution in [3.8, 4) is 17.2 Å². The summed E-state index contributed by atoms with van der Waals surface area (Å²) >= 11 is -1.45. The normalized spacial score (nSPS) is 12.9. The predicted octanol–water partition coefficient (Wildman–Crippen LogP) is 1.62. The molecule has 2 heterocycles. The molecule has 3 rings (SSSR count). The zero-order chi connectivity index (χ0) is 20.3. The molecule has 150 valence electrons. The first-order chi connectivity index (χ1) is 13.3. The van der Waals surface area contributed by atoms with E-state index in [-0.39, 0.29) is 36.2 Å². The summed E-state index contributed by atoms with van der Waals surface area (Å²) in [5.74, 6) is -1.19. The molecule has 1 unspecified atom stereocenters. The number of hydrogen-bond acceptors (Lipinski definition) is 9. The molecule has 14 heteroatoms. The van der Waals surface area contributed by atoms with Gasteiger partial charge in [0.25, 0.3) is 0 Å². The third kappa shape index (κ3) is 4.28. The van der Waals surface area contributed by atoms with Crippen LogP contribution in [0.15, 0.2) is 38.2 Å². The molecule has 0 aliphatic rings. The van der Waals surface area contributed by atoms with E-state index < -0.39 is 28.6 Å². The molecule has 0 amide bonds. The minimum absolute atomic E-state index is 0.0412. The summed E-state index contributed by atoms with van der Waals surface area (Å²) in [5, 5.41) is 13.5. The van der Waals surface area contributed by atoms with Crippen molar-refractivity contribution in [2.75, 3.05) is 24.7 Å². The largest absolute Gasteiger partial charge is 0.446 e. The van der Waals surface area contributed by atoms with Crippen molar-refractivity contribution in [3.05, 3.63) is 40.4 Å². The lowest BCUT2D eigenvalue weighted by atomic mass is 10.2. The van der Waals surface area contributed by atoms with Crippen LogP contribution in [0.5, 0.6) is 0 Å². The Balaban J connectivity index is 1.94. The van der Waals surface area contributed by atoms with Crippen LogP contribution in [-0.2, 0) is 21.4 Å². The molecule has 3 aromatic rings. The van der Waals surface area contributed by atoms with Gasteiger partial charge >= 0.3 is 11.9 Å². The molecule has 0 bridgehead atoms. The molecule has 0 aliphatic carbocycles. The van der Waals surface area contributed by atoms with Gasteiger partial charge in [0.05, 0.1) is 17.9 Å². The van der Waals surface area contributed by atoms with Crippen LogP contribution >= 0.6 is 0 Å². The van der Waals surface area contributed by atoms with Gasteiger partial charge in [-0.2, -0.15) is 13.2 Å². The average molecular weight is 419 g/mol. The van der Waals surface area contributed by atoms with E-state index in [1.807, 2.05) is 0 Å². The van der Waals surface area contributed by atoms with E-state index in [1.165, 1.54) is 12.3 Å². The Morgan fingerprint density at radius 1 is 1.29 bits per heavy atom. The van der Waals surface area contributed by atoms with Crippen molar-refractivity contribution in [1.29, 1.82) is 0 Å². The number of nitrogens with one attached hydrogen (secondary N) is 1. The van der Waals surface area contributed by atoms with Gasteiger partial charge < -0.3 is 5.32 Å². The molecule has 2 aromatic heterocycles. The molecule has 28 heavy (non-hydrogen) atoms. The molecule has 1 N–H and O–H groups in total. The Labute approximate surface area is 156 Å². The van der Waals surface area contributed by atoms with E-state index in [2.05, 4.69) is 29.9 Å². The summed E-state index contributed by atoms with van der Waals surface area (Å²) in [4.78, 5) is 12.0. The molecule has 1 aromatic carbocycles. The Bertz CT molecular complexity index is 1040. The maximum absolute atomic E-state index is 13.0. The van der Waals surface area contributed by atoms with Gasteiger partial charge in [0.1, 0.15) is 0 Å². The van der Waals surface area contributed by atoms with Gasteiger partial charge in [-0.15, -0.1) is 0 Å². The van der Waals surface area contributed by atoms with E-state index in [0.717, 1.165) is 22.8 Å². The number of hydrogen-bond donors (Lipinski definition) is 1. The molecule has 1 atom stereocenters. The number of benzene rings is 1. The number of alkyl halides is 3. The van der Waals surface area contributed by atoms with Crippen LogP contribution in [0.25, 0.3) is 17.2 Å². The number of nitrogens with zero attached hydrogens (tertiary/aromatic N) is 4. The second-order valence-corrected chi connectivity index (χ2v) is 6.31. The average Bonchev–Trinajstić information content (AvgIpc) is 3.24. The van der Waals surface area contributed by atoms with Crippen LogP contribution in [0.1, 0.15) is 5.56 Å². The lowest BCUT2D eigenvalue weighted by Crippen LogP contribution is -2.16. The molecule has 0 saturated carbocycles. The summed E-state index contributed by atoms with van der Waals surface area (Å²) in [6.07, 6.45) is -3.25. The van der Waals surface area contributed by atoms with E-state index in [0.29, 0.717) is 0 Å². The highest BCUT2D eigenvalue weighted by Crippen LogP contribution is 2.31. The summed E-state index contributed by atoms with van der Waals surface area (Å²) in [6.45, 7) is 0.223. The Hall–Kier alpha value is -3.00. The van der Waals surface area contributed by atoms with Crippen molar-refractivity contribution >= 4 is 16.9 Å². The van der Waals surface area contributed by atoms with Crippen molar-refractivity contribution in [3.63, 3.8) is 0 Å². The Morgan fingerprint density at radius 2 is 2.07 bits per heavy atom. The molecular weight excluding hydrogens is 407 g/mol. The third-order valence-corrected chi connectivity index (χ3v) is 3.88. The monoisotopic (exact) mass is 419 g/mol. The van der Waals surface area contributed by atoms with Crippen molar-refractivity contribution in [2.45, 2.75) is 6.18 Å². The Kier molecular flexibility index (Phi) is 5.60. The summed E-state index contributed by atoms with van der Waals surface area (Å²) in [7, 11) is 0. The van der Waals surface area contributed by atoms with Gasteiger partial charge in [-0.3, -0.25) is 8.71 Å². The topological polar surface area (TPSA) is 125 Å². The van der Waals surface area contributed by atoms with Crippen LogP contribution in [-0.4, -0.2) is 43.7 Å². The smallest absolute Gasteiger partial charge is 0.363 e. The number of halogens is 3. The first-order valence-corrected chi connectivity index (χ1v) is 9.05. The second kappa shape index (κ2) is 7.93. The van der Waals surface area contributed by atoms with Crippen LogP contribution in [0, 0.1) is 0 Å². The van der Waals surface area contributed by atoms with Gasteiger partial charge in [0, 0.05) is 12.8 Å². The fraction of sp³-hybridized carbons (Fsp3) is 0.286. The minimum Gasteiger partial charge on any atom is -0.363 e. The highest BCUT2D eigenvalue weighted by atomic mass is 32.2. The van der Waals surface area contributed by atoms with E-state index in [9.17, 15) is 22.2 Å². The zero-order valence-electron chi connectivity index (χ0n) is 14.1. The zero-order valence-corrected chi connectivity index (χ0v) is 14.9. The fourth-order valence-electron chi connectivity index (χ4n) is 2.23. The lowest BCUT2D eigenvalue weighted by Gasteiger charge is -2.09.